The van der Waals surface area contributed by atoms with Crippen LogP contribution in [0.3, 0.4) is 0 Å². The smallest absolute Gasteiger partial charge is 0.0991 e. The SMILES string of the molecule is N#Cc1ccc(C(N)CCN)cc1. The second-order valence-electron chi connectivity index (χ2n) is 2.92. The summed E-state index contributed by atoms with van der Waals surface area (Å²) in [5, 5.41) is 8.57. The molecule has 0 aromatic heterocycles. The summed E-state index contributed by atoms with van der Waals surface area (Å²) in [6.45, 7) is 0.584. The van der Waals surface area contributed by atoms with Gasteiger partial charge >= 0.3 is 0 Å². The second kappa shape index (κ2) is 4.61. The summed E-state index contributed by atoms with van der Waals surface area (Å²) in [5.74, 6) is 0. The van der Waals surface area contributed by atoms with Gasteiger partial charge in [0.2, 0.25) is 0 Å². The summed E-state index contributed by atoms with van der Waals surface area (Å²) < 4.78 is 0. The molecule has 0 aliphatic heterocycles. The lowest BCUT2D eigenvalue weighted by atomic mass is 10.0. The molecule has 1 aromatic carbocycles. The molecule has 3 nitrogen and oxygen atoms in total. The highest BCUT2D eigenvalue weighted by Crippen LogP contribution is 2.13. The number of benzene rings is 1. The van der Waals surface area contributed by atoms with Gasteiger partial charge in [0.1, 0.15) is 0 Å². The van der Waals surface area contributed by atoms with Crippen LogP contribution in [0, 0.1) is 11.3 Å². The molecule has 0 aliphatic rings. The Bertz CT molecular complexity index is 297. The molecule has 1 atom stereocenters. The molecule has 68 valence electrons. The van der Waals surface area contributed by atoms with Gasteiger partial charge in [-0.25, -0.2) is 0 Å². The predicted octanol–water partition coefficient (Wildman–Crippen LogP) is 0.907. The van der Waals surface area contributed by atoms with Crippen molar-refractivity contribution in [1.82, 2.24) is 0 Å². The van der Waals surface area contributed by atoms with Gasteiger partial charge in [0.05, 0.1) is 11.6 Å². The highest BCUT2D eigenvalue weighted by atomic mass is 14.7. The summed E-state index contributed by atoms with van der Waals surface area (Å²) in [5.41, 5.74) is 12.9. The van der Waals surface area contributed by atoms with Crippen molar-refractivity contribution in [3.05, 3.63) is 35.4 Å². The number of hydrogen-bond donors (Lipinski definition) is 2. The summed E-state index contributed by atoms with van der Waals surface area (Å²) in [7, 11) is 0. The van der Waals surface area contributed by atoms with E-state index in [0.29, 0.717) is 12.1 Å². The topological polar surface area (TPSA) is 75.8 Å². The fourth-order valence-corrected chi connectivity index (χ4v) is 1.15. The molecule has 0 spiro atoms. The maximum Gasteiger partial charge on any atom is 0.0991 e. The van der Waals surface area contributed by atoms with Crippen LogP contribution < -0.4 is 11.5 Å². The first-order valence-corrected chi connectivity index (χ1v) is 4.23. The lowest BCUT2D eigenvalue weighted by Crippen LogP contribution is -2.15. The first-order chi connectivity index (χ1) is 6.27. The molecule has 1 aromatic rings. The zero-order valence-corrected chi connectivity index (χ0v) is 7.40. The van der Waals surface area contributed by atoms with E-state index in [1.54, 1.807) is 12.1 Å². The average Bonchev–Trinajstić information content (AvgIpc) is 2.18. The third-order valence-corrected chi connectivity index (χ3v) is 1.95. The normalized spacial score (nSPS) is 12.1. The van der Waals surface area contributed by atoms with E-state index in [2.05, 4.69) is 6.07 Å². The van der Waals surface area contributed by atoms with Crippen molar-refractivity contribution in [1.29, 1.82) is 5.26 Å². The van der Waals surface area contributed by atoms with Crippen LogP contribution in [-0.4, -0.2) is 6.54 Å². The molecule has 3 heteroatoms. The molecule has 1 unspecified atom stereocenters. The first-order valence-electron chi connectivity index (χ1n) is 4.23. The molecular formula is C10H13N3. The van der Waals surface area contributed by atoms with E-state index < -0.39 is 0 Å². The van der Waals surface area contributed by atoms with E-state index >= 15 is 0 Å². The van der Waals surface area contributed by atoms with E-state index in [1.807, 2.05) is 12.1 Å². The highest BCUT2D eigenvalue weighted by Gasteiger charge is 2.03. The van der Waals surface area contributed by atoms with Gasteiger partial charge in [0.25, 0.3) is 0 Å². The zero-order valence-electron chi connectivity index (χ0n) is 7.40. The van der Waals surface area contributed by atoms with Gasteiger partial charge in [-0.3, -0.25) is 0 Å². The quantitative estimate of drug-likeness (QED) is 0.716. The predicted molar refractivity (Wildman–Crippen MR) is 51.8 cm³/mol. The van der Waals surface area contributed by atoms with Crippen LogP contribution in [0.1, 0.15) is 23.6 Å². The minimum atomic E-state index is -0.0160. The Hall–Kier alpha value is -1.37. The fraction of sp³-hybridized carbons (Fsp3) is 0.300. The maximum absolute atomic E-state index is 8.57. The van der Waals surface area contributed by atoms with Crippen molar-refractivity contribution in [2.75, 3.05) is 6.54 Å². The van der Waals surface area contributed by atoms with Crippen molar-refractivity contribution in [2.45, 2.75) is 12.5 Å². The van der Waals surface area contributed by atoms with E-state index in [9.17, 15) is 0 Å². The van der Waals surface area contributed by atoms with Gasteiger partial charge in [0.15, 0.2) is 0 Å². The van der Waals surface area contributed by atoms with Crippen molar-refractivity contribution >= 4 is 0 Å². The van der Waals surface area contributed by atoms with E-state index in [4.69, 9.17) is 16.7 Å². The van der Waals surface area contributed by atoms with E-state index in [1.165, 1.54) is 0 Å². The van der Waals surface area contributed by atoms with Crippen LogP contribution in [0.5, 0.6) is 0 Å². The van der Waals surface area contributed by atoms with Crippen molar-refractivity contribution in [3.63, 3.8) is 0 Å². The van der Waals surface area contributed by atoms with Gasteiger partial charge in [-0.2, -0.15) is 5.26 Å². The van der Waals surface area contributed by atoms with Gasteiger partial charge in [-0.15, -0.1) is 0 Å². The molecular weight excluding hydrogens is 162 g/mol. The Balaban J connectivity index is 2.75. The largest absolute Gasteiger partial charge is 0.330 e. The maximum atomic E-state index is 8.57. The van der Waals surface area contributed by atoms with Crippen LogP contribution in [-0.2, 0) is 0 Å². The molecule has 4 N–H and O–H groups in total. The van der Waals surface area contributed by atoms with Crippen LogP contribution >= 0.6 is 0 Å². The molecule has 0 saturated carbocycles. The van der Waals surface area contributed by atoms with Crippen molar-refractivity contribution in [2.24, 2.45) is 11.5 Å². The first kappa shape index (κ1) is 9.72. The third kappa shape index (κ3) is 2.55. The molecule has 1 rings (SSSR count). The third-order valence-electron chi connectivity index (χ3n) is 1.95. The van der Waals surface area contributed by atoms with Gasteiger partial charge in [0, 0.05) is 6.04 Å². The zero-order chi connectivity index (χ0) is 9.68. The van der Waals surface area contributed by atoms with Crippen LogP contribution in [0.15, 0.2) is 24.3 Å². The average molecular weight is 175 g/mol. The summed E-state index contributed by atoms with van der Waals surface area (Å²) >= 11 is 0. The Morgan fingerprint density at radius 1 is 1.31 bits per heavy atom. The van der Waals surface area contributed by atoms with E-state index in [0.717, 1.165) is 12.0 Å². The lowest BCUT2D eigenvalue weighted by molar-refractivity contribution is 0.661. The summed E-state index contributed by atoms with van der Waals surface area (Å²) in [6.07, 6.45) is 0.770. The van der Waals surface area contributed by atoms with Crippen molar-refractivity contribution in [3.8, 4) is 6.07 Å². The van der Waals surface area contributed by atoms with Crippen LogP contribution in [0.2, 0.25) is 0 Å². The highest BCUT2D eigenvalue weighted by molar-refractivity contribution is 5.32. The number of nitrogens with zero attached hydrogens (tertiary/aromatic N) is 1. The van der Waals surface area contributed by atoms with Crippen LogP contribution in [0.4, 0.5) is 0 Å². The van der Waals surface area contributed by atoms with E-state index in [-0.39, 0.29) is 6.04 Å². The Morgan fingerprint density at radius 3 is 2.38 bits per heavy atom. The van der Waals surface area contributed by atoms with Gasteiger partial charge in [-0.1, -0.05) is 12.1 Å². The molecule has 0 saturated heterocycles. The molecule has 0 heterocycles. The lowest BCUT2D eigenvalue weighted by Gasteiger charge is -2.09. The summed E-state index contributed by atoms with van der Waals surface area (Å²) in [4.78, 5) is 0. The van der Waals surface area contributed by atoms with Gasteiger partial charge < -0.3 is 11.5 Å². The number of hydrogen-bond acceptors (Lipinski definition) is 3. The Labute approximate surface area is 78.0 Å². The van der Waals surface area contributed by atoms with Gasteiger partial charge in [-0.05, 0) is 30.7 Å². The summed E-state index contributed by atoms with van der Waals surface area (Å²) in [6, 6.07) is 9.33. The standard InChI is InChI=1S/C10H13N3/c11-6-5-10(13)9-3-1-8(7-12)2-4-9/h1-4,10H,5-6,11,13H2. The second-order valence-corrected chi connectivity index (χ2v) is 2.92. The fourth-order valence-electron chi connectivity index (χ4n) is 1.15. The molecule has 13 heavy (non-hydrogen) atoms. The molecule has 0 radical (unpaired) electrons. The Morgan fingerprint density at radius 2 is 1.92 bits per heavy atom. The monoisotopic (exact) mass is 175 g/mol. The number of rotatable bonds is 3. The number of nitrogens with two attached hydrogens (primary N) is 2. The minimum Gasteiger partial charge on any atom is -0.330 e. The van der Waals surface area contributed by atoms with Crippen molar-refractivity contribution < 1.29 is 0 Å². The molecule has 0 fully saturated rings. The number of nitriles is 1. The van der Waals surface area contributed by atoms with Crippen LogP contribution in [0.25, 0.3) is 0 Å². The molecule has 0 amide bonds. The minimum absolute atomic E-state index is 0.0160. The Kier molecular flexibility index (Phi) is 3.44. The molecule has 0 bridgehead atoms. The molecule has 0 aliphatic carbocycles.